The molecule has 1 heterocycles. The van der Waals surface area contributed by atoms with Gasteiger partial charge in [0.05, 0.1) is 16.8 Å². The van der Waals surface area contributed by atoms with Gasteiger partial charge in [0.15, 0.2) is 5.13 Å². The summed E-state index contributed by atoms with van der Waals surface area (Å²) in [6, 6.07) is 5.17. The van der Waals surface area contributed by atoms with Crippen LogP contribution in [-0.4, -0.2) is 41.3 Å². The fourth-order valence-corrected chi connectivity index (χ4v) is 2.80. The molecule has 0 fully saturated rings. The Labute approximate surface area is 127 Å². The second kappa shape index (κ2) is 6.53. The van der Waals surface area contributed by atoms with Crippen LogP contribution in [-0.2, 0) is 4.79 Å². The molecule has 112 valence electrons. The molecule has 0 saturated heterocycles. The van der Waals surface area contributed by atoms with Gasteiger partial charge in [0, 0.05) is 18.7 Å². The molecule has 0 unspecified atom stereocenters. The van der Waals surface area contributed by atoms with Gasteiger partial charge < -0.3 is 16.0 Å². The number of anilines is 1. The Kier molecular flexibility index (Phi) is 4.74. The Balaban J connectivity index is 2.03. The lowest BCUT2D eigenvalue weighted by molar-refractivity contribution is -0.129. The predicted octanol–water partition coefficient (Wildman–Crippen LogP) is 1.48. The van der Waals surface area contributed by atoms with E-state index in [1.807, 2.05) is 13.8 Å². The van der Waals surface area contributed by atoms with E-state index >= 15 is 0 Å². The van der Waals surface area contributed by atoms with Crippen LogP contribution in [0.2, 0.25) is 0 Å². The summed E-state index contributed by atoms with van der Waals surface area (Å²) in [6.07, 6.45) is 0. The van der Waals surface area contributed by atoms with Crippen molar-refractivity contribution in [2.24, 2.45) is 0 Å². The summed E-state index contributed by atoms with van der Waals surface area (Å²) in [6.45, 7) is 5.09. The van der Waals surface area contributed by atoms with Gasteiger partial charge in [-0.1, -0.05) is 11.3 Å². The largest absolute Gasteiger partial charge is 0.375 e. The molecule has 0 bridgehead atoms. The predicted molar refractivity (Wildman–Crippen MR) is 84.3 cm³/mol. The number of benzene rings is 1. The van der Waals surface area contributed by atoms with Crippen molar-refractivity contribution < 1.29 is 9.59 Å². The highest BCUT2D eigenvalue weighted by atomic mass is 32.1. The van der Waals surface area contributed by atoms with Crippen LogP contribution < -0.4 is 11.1 Å². The number of carbonyl (C=O) groups excluding carboxylic acids is 2. The third-order valence-corrected chi connectivity index (χ3v) is 4.03. The number of nitrogens with zero attached hydrogens (tertiary/aromatic N) is 2. The second-order valence-corrected chi connectivity index (χ2v) is 5.55. The number of hydrogen-bond donors (Lipinski definition) is 2. The average Bonchev–Trinajstić information content (AvgIpc) is 2.85. The fraction of sp³-hybridized carbons (Fsp3) is 0.357. The maximum absolute atomic E-state index is 12.1. The van der Waals surface area contributed by atoms with E-state index in [-0.39, 0.29) is 18.4 Å². The number of nitrogens with one attached hydrogen (secondary N) is 1. The number of aromatic nitrogens is 1. The van der Waals surface area contributed by atoms with Gasteiger partial charge in [-0.15, -0.1) is 0 Å². The van der Waals surface area contributed by atoms with Gasteiger partial charge >= 0.3 is 0 Å². The summed E-state index contributed by atoms with van der Waals surface area (Å²) in [4.78, 5) is 29.7. The Morgan fingerprint density at radius 1 is 1.33 bits per heavy atom. The average molecular weight is 306 g/mol. The number of hydrogen-bond acceptors (Lipinski definition) is 5. The van der Waals surface area contributed by atoms with Crippen molar-refractivity contribution in [3.8, 4) is 0 Å². The summed E-state index contributed by atoms with van der Waals surface area (Å²) >= 11 is 1.33. The number of likely N-dealkylation sites (N-methyl/N-ethyl adjacent to an activating group) is 1. The third-order valence-electron chi connectivity index (χ3n) is 3.18. The van der Waals surface area contributed by atoms with Gasteiger partial charge in [0.25, 0.3) is 5.91 Å². The summed E-state index contributed by atoms with van der Waals surface area (Å²) in [7, 11) is 0. The zero-order valence-electron chi connectivity index (χ0n) is 12.0. The maximum Gasteiger partial charge on any atom is 0.251 e. The number of fused-ring (bicyclic) bond motifs is 1. The van der Waals surface area contributed by atoms with Crippen molar-refractivity contribution in [1.82, 2.24) is 15.2 Å². The van der Waals surface area contributed by atoms with Crippen molar-refractivity contribution in [2.45, 2.75) is 13.8 Å². The molecule has 0 aliphatic rings. The zero-order chi connectivity index (χ0) is 15.4. The highest BCUT2D eigenvalue weighted by molar-refractivity contribution is 7.22. The van der Waals surface area contributed by atoms with Gasteiger partial charge in [0.1, 0.15) is 0 Å². The summed E-state index contributed by atoms with van der Waals surface area (Å²) in [5, 5.41) is 3.11. The lowest BCUT2D eigenvalue weighted by Crippen LogP contribution is -2.39. The Morgan fingerprint density at radius 2 is 2.05 bits per heavy atom. The molecule has 21 heavy (non-hydrogen) atoms. The highest BCUT2D eigenvalue weighted by Gasteiger charge is 2.13. The van der Waals surface area contributed by atoms with Gasteiger partial charge in [0.2, 0.25) is 5.91 Å². The monoisotopic (exact) mass is 306 g/mol. The fourth-order valence-electron chi connectivity index (χ4n) is 2.03. The first-order valence-electron chi connectivity index (χ1n) is 6.77. The van der Waals surface area contributed by atoms with Crippen LogP contribution in [0.3, 0.4) is 0 Å². The first-order chi connectivity index (χ1) is 10.0. The molecule has 0 atom stereocenters. The Morgan fingerprint density at radius 3 is 2.71 bits per heavy atom. The van der Waals surface area contributed by atoms with E-state index in [2.05, 4.69) is 10.3 Å². The van der Waals surface area contributed by atoms with Crippen LogP contribution in [0.1, 0.15) is 24.2 Å². The summed E-state index contributed by atoms with van der Waals surface area (Å²) < 4.78 is 0.857. The standard InChI is InChI=1S/C14H18N4O2S/c1-3-18(4-2)12(19)8-16-13(20)9-5-6-10-11(7-9)21-14(15)17-10/h5-7H,3-4,8H2,1-2H3,(H2,15,17)(H,16,20). The van der Waals surface area contributed by atoms with Crippen LogP contribution >= 0.6 is 11.3 Å². The molecule has 3 N–H and O–H groups in total. The van der Waals surface area contributed by atoms with E-state index in [1.165, 1.54) is 11.3 Å². The maximum atomic E-state index is 12.1. The van der Waals surface area contributed by atoms with E-state index in [9.17, 15) is 9.59 Å². The highest BCUT2D eigenvalue weighted by Crippen LogP contribution is 2.24. The minimum atomic E-state index is -0.274. The van der Waals surface area contributed by atoms with Crippen LogP contribution in [0.25, 0.3) is 10.2 Å². The van der Waals surface area contributed by atoms with Crippen LogP contribution in [0.5, 0.6) is 0 Å². The molecule has 2 aromatic rings. The van der Waals surface area contributed by atoms with Crippen LogP contribution in [0.15, 0.2) is 18.2 Å². The van der Waals surface area contributed by atoms with Crippen LogP contribution in [0.4, 0.5) is 5.13 Å². The van der Waals surface area contributed by atoms with Crippen molar-refractivity contribution in [1.29, 1.82) is 0 Å². The van der Waals surface area contributed by atoms with E-state index in [0.717, 1.165) is 10.2 Å². The normalized spacial score (nSPS) is 10.6. The van der Waals surface area contributed by atoms with Gasteiger partial charge in [-0.05, 0) is 32.0 Å². The van der Waals surface area contributed by atoms with Crippen molar-refractivity contribution in [3.05, 3.63) is 23.8 Å². The van der Waals surface area contributed by atoms with Crippen molar-refractivity contribution in [3.63, 3.8) is 0 Å². The summed E-state index contributed by atoms with van der Waals surface area (Å²) in [5.41, 5.74) is 6.91. The third kappa shape index (κ3) is 3.49. The Hall–Kier alpha value is -2.15. The molecule has 7 heteroatoms. The molecule has 0 spiro atoms. The molecule has 0 aliphatic heterocycles. The van der Waals surface area contributed by atoms with E-state index < -0.39 is 0 Å². The van der Waals surface area contributed by atoms with Gasteiger partial charge in [-0.25, -0.2) is 4.98 Å². The first-order valence-corrected chi connectivity index (χ1v) is 7.58. The lowest BCUT2D eigenvalue weighted by Gasteiger charge is -2.18. The molecule has 2 rings (SSSR count). The smallest absolute Gasteiger partial charge is 0.251 e. The molecule has 1 aromatic heterocycles. The van der Waals surface area contributed by atoms with Gasteiger partial charge in [-0.3, -0.25) is 9.59 Å². The SMILES string of the molecule is CCN(CC)C(=O)CNC(=O)c1ccc2nc(N)sc2c1. The number of rotatable bonds is 5. The minimum Gasteiger partial charge on any atom is -0.375 e. The van der Waals surface area contributed by atoms with Crippen molar-refractivity contribution >= 4 is 38.5 Å². The quantitative estimate of drug-likeness (QED) is 0.875. The molecular weight excluding hydrogens is 288 g/mol. The molecule has 2 amide bonds. The zero-order valence-corrected chi connectivity index (χ0v) is 12.9. The minimum absolute atomic E-state index is 0.00335. The second-order valence-electron chi connectivity index (χ2n) is 4.48. The number of nitrogens with two attached hydrogens (primary N) is 1. The number of thiazole rings is 1. The number of amides is 2. The number of nitrogen functional groups attached to an aromatic ring is 1. The molecule has 0 saturated carbocycles. The molecule has 0 aliphatic carbocycles. The van der Waals surface area contributed by atoms with E-state index in [1.54, 1.807) is 23.1 Å². The molecule has 0 radical (unpaired) electrons. The van der Waals surface area contributed by atoms with Crippen molar-refractivity contribution in [2.75, 3.05) is 25.4 Å². The molecule has 1 aromatic carbocycles. The van der Waals surface area contributed by atoms with E-state index in [0.29, 0.717) is 23.8 Å². The molecule has 6 nitrogen and oxygen atoms in total. The van der Waals surface area contributed by atoms with E-state index in [4.69, 9.17) is 5.73 Å². The van der Waals surface area contributed by atoms with Gasteiger partial charge in [-0.2, -0.15) is 0 Å². The van der Waals surface area contributed by atoms with Crippen LogP contribution in [0, 0.1) is 0 Å². The Bertz CT molecular complexity index is 664. The topological polar surface area (TPSA) is 88.3 Å². The summed E-state index contributed by atoms with van der Waals surface area (Å²) in [5.74, 6) is -0.360. The molecular formula is C14H18N4O2S. The lowest BCUT2D eigenvalue weighted by atomic mass is 10.2. The number of carbonyl (C=O) groups is 2. The first kappa shape index (κ1) is 15.2.